The molecule has 0 fully saturated rings. The molecule has 0 aliphatic carbocycles. The average Bonchev–Trinajstić information content (AvgIpc) is 3.56. The van der Waals surface area contributed by atoms with Crippen molar-refractivity contribution in [3.63, 3.8) is 0 Å². The van der Waals surface area contributed by atoms with Crippen molar-refractivity contribution in [1.82, 2.24) is 9.55 Å². The molecule has 2 heterocycles. The summed E-state index contributed by atoms with van der Waals surface area (Å²) in [4.78, 5) is 4.56. The van der Waals surface area contributed by atoms with Gasteiger partial charge in [-0.3, -0.25) is 4.98 Å². The van der Waals surface area contributed by atoms with Crippen molar-refractivity contribution < 1.29 is 0 Å². The molecule has 0 unspecified atom stereocenters. The van der Waals surface area contributed by atoms with Gasteiger partial charge < -0.3 is 4.57 Å². The van der Waals surface area contributed by atoms with Crippen LogP contribution in [-0.4, -0.2) is 9.55 Å². The lowest BCUT2D eigenvalue weighted by Gasteiger charge is -2.20. The summed E-state index contributed by atoms with van der Waals surface area (Å²) in [5.74, 6) is 0. The molecule has 0 bridgehead atoms. The van der Waals surface area contributed by atoms with E-state index in [0.717, 1.165) is 16.6 Å². The first-order valence-electron chi connectivity index (χ1n) is 18.2. The third-order valence-electron chi connectivity index (χ3n) is 11.0. The predicted octanol–water partition coefficient (Wildman–Crippen LogP) is 13.8. The van der Waals surface area contributed by atoms with E-state index in [9.17, 15) is 0 Å². The summed E-state index contributed by atoms with van der Waals surface area (Å²) in [6, 6.07) is 66.7. The first-order valence-corrected chi connectivity index (χ1v) is 18.2. The van der Waals surface area contributed by atoms with Crippen LogP contribution in [0.1, 0.15) is 0 Å². The Morgan fingerprint density at radius 1 is 0.340 bits per heavy atom. The molecule has 0 radical (unpaired) electrons. The quantitative estimate of drug-likeness (QED) is 0.170. The lowest BCUT2D eigenvalue weighted by Crippen LogP contribution is -1.93. The number of benzene rings is 9. The summed E-state index contributed by atoms with van der Waals surface area (Å²) in [5.41, 5.74) is 10.8. The average molecular weight is 673 g/mol. The molecule has 2 nitrogen and oxygen atoms in total. The molecule has 11 aromatic rings. The van der Waals surface area contributed by atoms with Gasteiger partial charge in [0.15, 0.2) is 0 Å². The number of rotatable bonds is 4. The Morgan fingerprint density at radius 2 is 0.962 bits per heavy atom. The van der Waals surface area contributed by atoms with Crippen LogP contribution in [0.3, 0.4) is 0 Å². The summed E-state index contributed by atoms with van der Waals surface area (Å²) >= 11 is 0. The van der Waals surface area contributed by atoms with Crippen LogP contribution in [0.2, 0.25) is 0 Å². The van der Waals surface area contributed by atoms with Gasteiger partial charge in [-0.2, -0.15) is 0 Å². The Balaban J connectivity index is 1.22. The Labute approximate surface area is 306 Å². The summed E-state index contributed by atoms with van der Waals surface area (Å²) in [5, 5.41) is 12.3. The maximum atomic E-state index is 4.56. The highest BCUT2D eigenvalue weighted by atomic mass is 15.0. The maximum absolute atomic E-state index is 4.56. The second-order valence-corrected chi connectivity index (χ2v) is 13.9. The molecule has 0 atom stereocenters. The maximum Gasteiger partial charge on any atom is 0.0571 e. The van der Waals surface area contributed by atoms with E-state index in [1.807, 2.05) is 12.4 Å². The van der Waals surface area contributed by atoms with Gasteiger partial charge in [-0.25, -0.2) is 0 Å². The van der Waals surface area contributed by atoms with E-state index in [4.69, 9.17) is 0 Å². The third-order valence-corrected chi connectivity index (χ3v) is 11.0. The van der Waals surface area contributed by atoms with Crippen LogP contribution in [-0.2, 0) is 0 Å². The van der Waals surface area contributed by atoms with Gasteiger partial charge in [-0.1, -0.05) is 140 Å². The second-order valence-electron chi connectivity index (χ2n) is 13.9. The Kier molecular flexibility index (Phi) is 6.59. The molecule has 53 heavy (non-hydrogen) atoms. The number of hydrogen-bond donors (Lipinski definition) is 0. The van der Waals surface area contributed by atoms with Crippen LogP contribution in [0.15, 0.2) is 194 Å². The summed E-state index contributed by atoms with van der Waals surface area (Å²) < 4.78 is 2.34. The second kappa shape index (κ2) is 11.8. The van der Waals surface area contributed by atoms with Crippen molar-refractivity contribution in [2.24, 2.45) is 0 Å². The standard InChI is InChI=1S/C51H32N2/c1-2-15-39(16-3-1)53-48-26-24-37(30-45(48)47-32-52-28-27-49(47)53)36-23-25-44-46(31-36)51(41-20-10-14-34-12-6-7-17-40(34)41)43-19-9-8-18-42(43)50(44)38-22-21-33-11-4-5-13-35(33)29-38/h1-32H. The van der Waals surface area contributed by atoms with Crippen LogP contribution in [0, 0.1) is 0 Å². The number of pyridine rings is 1. The largest absolute Gasteiger partial charge is 0.309 e. The van der Waals surface area contributed by atoms with Crippen molar-refractivity contribution in [2.45, 2.75) is 0 Å². The van der Waals surface area contributed by atoms with Crippen molar-refractivity contribution in [2.75, 3.05) is 0 Å². The van der Waals surface area contributed by atoms with Gasteiger partial charge in [0, 0.05) is 28.9 Å². The van der Waals surface area contributed by atoms with E-state index >= 15 is 0 Å². The highest BCUT2D eigenvalue weighted by Gasteiger charge is 2.20. The van der Waals surface area contributed by atoms with Gasteiger partial charge in [0.25, 0.3) is 0 Å². The monoisotopic (exact) mass is 672 g/mol. The van der Waals surface area contributed by atoms with Crippen molar-refractivity contribution in [3.05, 3.63) is 194 Å². The molecule has 0 aliphatic rings. The predicted molar refractivity (Wildman–Crippen MR) is 225 cm³/mol. The van der Waals surface area contributed by atoms with Crippen molar-refractivity contribution in [1.29, 1.82) is 0 Å². The van der Waals surface area contributed by atoms with Gasteiger partial charge in [0.2, 0.25) is 0 Å². The zero-order valence-corrected chi connectivity index (χ0v) is 28.9. The number of fused-ring (bicyclic) bond motifs is 7. The van der Waals surface area contributed by atoms with Gasteiger partial charge >= 0.3 is 0 Å². The molecular weight excluding hydrogens is 641 g/mol. The number of nitrogens with zero attached hydrogens (tertiary/aromatic N) is 2. The summed E-state index contributed by atoms with van der Waals surface area (Å²) in [6.45, 7) is 0. The van der Waals surface area contributed by atoms with E-state index in [1.54, 1.807) is 0 Å². The Hall–Kier alpha value is -7.03. The third kappa shape index (κ3) is 4.63. The zero-order chi connectivity index (χ0) is 34.9. The fourth-order valence-corrected chi connectivity index (χ4v) is 8.65. The first-order chi connectivity index (χ1) is 26.3. The molecule has 9 aromatic carbocycles. The molecule has 0 saturated carbocycles. The first kappa shape index (κ1) is 29.7. The zero-order valence-electron chi connectivity index (χ0n) is 28.9. The lowest BCUT2D eigenvalue weighted by atomic mass is 9.83. The van der Waals surface area contributed by atoms with E-state index in [-0.39, 0.29) is 0 Å². The van der Waals surface area contributed by atoms with Crippen LogP contribution in [0.5, 0.6) is 0 Å². The fourth-order valence-electron chi connectivity index (χ4n) is 8.65. The van der Waals surface area contributed by atoms with E-state index in [0.29, 0.717) is 0 Å². The van der Waals surface area contributed by atoms with Gasteiger partial charge in [0.05, 0.1) is 11.0 Å². The molecule has 0 N–H and O–H groups in total. The minimum atomic E-state index is 1.14. The summed E-state index contributed by atoms with van der Waals surface area (Å²) in [7, 11) is 0. The van der Waals surface area contributed by atoms with Crippen LogP contribution >= 0.6 is 0 Å². The normalized spacial score (nSPS) is 11.8. The number of hydrogen-bond acceptors (Lipinski definition) is 1. The minimum Gasteiger partial charge on any atom is -0.309 e. The molecule has 2 heteroatoms. The van der Waals surface area contributed by atoms with Gasteiger partial charge in [-0.15, -0.1) is 0 Å². The Bertz CT molecular complexity index is 3220. The topological polar surface area (TPSA) is 17.8 Å². The summed E-state index contributed by atoms with van der Waals surface area (Å²) in [6.07, 6.45) is 3.89. The molecule has 0 saturated heterocycles. The molecular formula is C51H32N2. The van der Waals surface area contributed by atoms with Gasteiger partial charge in [-0.05, 0) is 119 Å². The van der Waals surface area contributed by atoms with E-state index in [1.165, 1.54) is 87.4 Å². The number of aromatic nitrogens is 2. The van der Waals surface area contributed by atoms with Crippen molar-refractivity contribution in [3.8, 4) is 39.1 Å². The molecule has 0 spiro atoms. The van der Waals surface area contributed by atoms with Gasteiger partial charge in [0.1, 0.15) is 0 Å². The molecule has 246 valence electrons. The van der Waals surface area contributed by atoms with Crippen LogP contribution < -0.4 is 0 Å². The van der Waals surface area contributed by atoms with E-state index in [2.05, 4.69) is 192 Å². The lowest BCUT2D eigenvalue weighted by molar-refractivity contribution is 1.17. The molecule has 0 aliphatic heterocycles. The molecule has 11 rings (SSSR count). The fraction of sp³-hybridized carbons (Fsp3) is 0. The van der Waals surface area contributed by atoms with Crippen LogP contribution in [0.4, 0.5) is 0 Å². The minimum absolute atomic E-state index is 1.14. The van der Waals surface area contributed by atoms with Crippen LogP contribution in [0.25, 0.3) is 104 Å². The highest BCUT2D eigenvalue weighted by molar-refractivity contribution is 6.24. The molecule has 2 aromatic heterocycles. The SMILES string of the molecule is c1ccc(-n2c3ccncc3c3cc(-c4ccc5c(-c6ccc7ccccc7c6)c6ccccc6c(-c6cccc7ccccc67)c5c4)ccc32)cc1. The number of para-hydroxylation sites is 1. The molecule has 0 amide bonds. The van der Waals surface area contributed by atoms with E-state index < -0.39 is 0 Å². The smallest absolute Gasteiger partial charge is 0.0571 e. The van der Waals surface area contributed by atoms with Crippen molar-refractivity contribution >= 4 is 64.9 Å². The highest BCUT2D eigenvalue weighted by Crippen LogP contribution is 2.47. The Morgan fingerprint density at radius 3 is 1.81 bits per heavy atom.